The second-order valence-corrected chi connectivity index (χ2v) is 8.13. The van der Waals surface area contributed by atoms with Crippen molar-refractivity contribution in [3.05, 3.63) is 89.0 Å². The number of rotatable bonds is 4. The number of hydrogen-bond acceptors (Lipinski definition) is 4. The highest BCUT2D eigenvalue weighted by Gasteiger charge is 2.37. The molecule has 0 saturated heterocycles. The average Bonchev–Trinajstić information content (AvgIpc) is 3.43. The number of hydrogen-bond donors (Lipinski definition) is 0. The maximum absolute atomic E-state index is 14.5. The number of nitrogens with zero attached hydrogens (tertiary/aromatic N) is 6. The molecule has 0 spiro atoms. The summed E-state index contributed by atoms with van der Waals surface area (Å²) in [5.41, 5.74) is 0.952. The van der Waals surface area contributed by atoms with Crippen LogP contribution in [0.1, 0.15) is 52.9 Å². The number of pyridine rings is 1. The summed E-state index contributed by atoms with van der Waals surface area (Å²) in [7, 11) is 0. The van der Waals surface area contributed by atoms with Gasteiger partial charge in [-0.15, -0.1) is 0 Å². The highest BCUT2D eigenvalue weighted by atomic mass is 19.4. The van der Waals surface area contributed by atoms with E-state index in [1.165, 1.54) is 18.5 Å². The molecule has 3 aromatic heterocycles. The molecule has 1 unspecified atom stereocenters. The van der Waals surface area contributed by atoms with E-state index in [0.29, 0.717) is 36.7 Å². The summed E-state index contributed by atoms with van der Waals surface area (Å²) in [5.74, 6) is -0.328. The number of imidazole rings is 1. The number of benzene rings is 1. The van der Waals surface area contributed by atoms with Crippen LogP contribution in [0.4, 0.5) is 17.6 Å². The van der Waals surface area contributed by atoms with Crippen molar-refractivity contribution in [2.24, 2.45) is 0 Å². The lowest BCUT2D eigenvalue weighted by atomic mass is 9.88. The standard InChI is InChI=1S/C24H20F4N6/c1-15-13-33(14-29-15)20-10-8-16(30-22(20)25)9-11-21-31-23-18(6-4-12-34(23)32-21)17-5-2-3-7-19(17)24(26,27)28/h2-3,5,7-11,13-14,18H,4,6,12H2,1H3. The van der Waals surface area contributed by atoms with Gasteiger partial charge in [0.15, 0.2) is 5.82 Å². The third-order valence-corrected chi connectivity index (χ3v) is 5.78. The Hall–Kier alpha value is -3.82. The van der Waals surface area contributed by atoms with E-state index in [4.69, 9.17) is 0 Å². The first kappa shape index (κ1) is 22.0. The SMILES string of the molecule is Cc1cn(-c2ccc(C=Cc3nc4n(n3)CCCC4c3ccccc3C(F)(F)F)nc2F)cn1. The van der Waals surface area contributed by atoms with Gasteiger partial charge in [-0.2, -0.15) is 22.7 Å². The molecular weight excluding hydrogens is 448 g/mol. The summed E-state index contributed by atoms with van der Waals surface area (Å²) in [6.45, 7) is 2.38. The zero-order valence-corrected chi connectivity index (χ0v) is 18.2. The molecule has 4 aromatic rings. The second-order valence-electron chi connectivity index (χ2n) is 8.13. The van der Waals surface area contributed by atoms with Gasteiger partial charge >= 0.3 is 6.18 Å². The first-order valence-electron chi connectivity index (χ1n) is 10.8. The Labute approximate surface area is 192 Å². The predicted molar refractivity (Wildman–Crippen MR) is 118 cm³/mol. The number of aromatic nitrogens is 6. The van der Waals surface area contributed by atoms with Crippen LogP contribution in [0.15, 0.2) is 48.9 Å². The van der Waals surface area contributed by atoms with Crippen LogP contribution < -0.4 is 0 Å². The molecule has 1 atom stereocenters. The first-order valence-corrected chi connectivity index (χ1v) is 10.8. The Morgan fingerprint density at radius 2 is 1.88 bits per heavy atom. The summed E-state index contributed by atoms with van der Waals surface area (Å²) < 4.78 is 58.4. The molecule has 0 saturated carbocycles. The smallest absolute Gasteiger partial charge is 0.302 e. The molecule has 0 bridgehead atoms. The van der Waals surface area contributed by atoms with Gasteiger partial charge in [-0.3, -0.25) is 0 Å². The summed E-state index contributed by atoms with van der Waals surface area (Å²) in [4.78, 5) is 12.6. The van der Waals surface area contributed by atoms with Crippen molar-refractivity contribution >= 4 is 12.2 Å². The highest BCUT2D eigenvalue weighted by Crippen LogP contribution is 2.40. The third kappa shape index (κ3) is 4.23. The van der Waals surface area contributed by atoms with Crippen LogP contribution in [0.25, 0.3) is 17.8 Å². The molecule has 0 aliphatic carbocycles. The topological polar surface area (TPSA) is 61.4 Å². The van der Waals surface area contributed by atoms with E-state index in [1.807, 2.05) is 6.92 Å². The molecule has 1 aliphatic rings. The Kier molecular flexibility index (Phi) is 5.51. The molecule has 6 nitrogen and oxygen atoms in total. The molecule has 0 amide bonds. The van der Waals surface area contributed by atoms with Crippen LogP contribution in [0, 0.1) is 12.9 Å². The molecular formula is C24H20F4N6. The van der Waals surface area contributed by atoms with E-state index in [0.717, 1.165) is 11.8 Å². The fourth-order valence-electron chi connectivity index (χ4n) is 4.23. The van der Waals surface area contributed by atoms with Crippen molar-refractivity contribution in [2.45, 2.75) is 38.4 Å². The molecule has 10 heteroatoms. The van der Waals surface area contributed by atoms with Gasteiger partial charge in [0.25, 0.3) is 0 Å². The predicted octanol–water partition coefficient (Wildman–Crippen LogP) is 5.42. The molecule has 174 valence electrons. The number of aryl methyl sites for hydroxylation is 2. The maximum Gasteiger partial charge on any atom is 0.416 e. The van der Waals surface area contributed by atoms with Crippen molar-refractivity contribution in [3.63, 3.8) is 0 Å². The normalized spacial score (nSPS) is 16.2. The third-order valence-electron chi connectivity index (χ3n) is 5.78. The zero-order chi connectivity index (χ0) is 23.9. The van der Waals surface area contributed by atoms with Crippen LogP contribution in [-0.2, 0) is 12.7 Å². The minimum absolute atomic E-state index is 0.202. The van der Waals surface area contributed by atoms with Crippen molar-refractivity contribution in [3.8, 4) is 5.69 Å². The van der Waals surface area contributed by atoms with Crippen LogP contribution >= 0.6 is 0 Å². The minimum atomic E-state index is -4.45. The van der Waals surface area contributed by atoms with Crippen molar-refractivity contribution < 1.29 is 17.6 Å². The Balaban J connectivity index is 1.42. The number of alkyl halides is 3. The van der Waals surface area contributed by atoms with E-state index in [2.05, 4.69) is 20.1 Å². The fourth-order valence-corrected chi connectivity index (χ4v) is 4.23. The van der Waals surface area contributed by atoms with E-state index in [-0.39, 0.29) is 11.3 Å². The second kappa shape index (κ2) is 8.51. The summed E-state index contributed by atoms with van der Waals surface area (Å²) in [6, 6.07) is 8.85. The molecule has 5 rings (SSSR count). The minimum Gasteiger partial charge on any atom is -0.302 e. The molecule has 0 radical (unpaired) electrons. The highest BCUT2D eigenvalue weighted by molar-refractivity contribution is 5.65. The molecule has 1 aliphatic heterocycles. The van der Waals surface area contributed by atoms with Crippen LogP contribution in [0.2, 0.25) is 0 Å². The Morgan fingerprint density at radius 3 is 2.62 bits per heavy atom. The molecule has 1 aromatic carbocycles. The maximum atomic E-state index is 14.5. The molecule has 4 heterocycles. The summed E-state index contributed by atoms with van der Waals surface area (Å²) >= 11 is 0. The fraction of sp³-hybridized carbons (Fsp3) is 0.250. The van der Waals surface area contributed by atoms with Gasteiger partial charge in [-0.05, 0) is 55.7 Å². The lowest BCUT2D eigenvalue weighted by molar-refractivity contribution is -0.138. The largest absolute Gasteiger partial charge is 0.416 e. The van der Waals surface area contributed by atoms with Gasteiger partial charge in [-0.1, -0.05) is 18.2 Å². The zero-order valence-electron chi connectivity index (χ0n) is 18.2. The molecule has 0 fully saturated rings. The Morgan fingerprint density at radius 1 is 1.06 bits per heavy atom. The number of fused-ring (bicyclic) bond motifs is 1. The van der Waals surface area contributed by atoms with E-state index < -0.39 is 23.6 Å². The van der Waals surface area contributed by atoms with E-state index in [1.54, 1.807) is 45.8 Å². The van der Waals surface area contributed by atoms with Crippen LogP contribution in [-0.4, -0.2) is 29.3 Å². The molecule has 0 N–H and O–H groups in total. The van der Waals surface area contributed by atoms with Gasteiger partial charge in [0.1, 0.15) is 11.5 Å². The van der Waals surface area contributed by atoms with Gasteiger partial charge in [0.05, 0.1) is 23.3 Å². The van der Waals surface area contributed by atoms with E-state index >= 15 is 0 Å². The monoisotopic (exact) mass is 468 g/mol. The van der Waals surface area contributed by atoms with Gasteiger partial charge < -0.3 is 4.57 Å². The van der Waals surface area contributed by atoms with Gasteiger partial charge in [0, 0.05) is 18.7 Å². The quantitative estimate of drug-likeness (QED) is 0.296. The summed E-state index contributed by atoms with van der Waals surface area (Å²) in [6.07, 6.45) is 3.17. The van der Waals surface area contributed by atoms with Crippen LogP contribution in [0.3, 0.4) is 0 Å². The molecule has 34 heavy (non-hydrogen) atoms. The van der Waals surface area contributed by atoms with Gasteiger partial charge in [0.2, 0.25) is 5.95 Å². The van der Waals surface area contributed by atoms with Crippen molar-refractivity contribution in [1.82, 2.24) is 29.3 Å². The summed E-state index contributed by atoms with van der Waals surface area (Å²) in [5, 5.41) is 4.43. The lowest BCUT2D eigenvalue weighted by Gasteiger charge is -2.25. The lowest BCUT2D eigenvalue weighted by Crippen LogP contribution is -2.21. The average molecular weight is 468 g/mol. The first-order chi connectivity index (χ1) is 16.3. The Bertz CT molecular complexity index is 1370. The van der Waals surface area contributed by atoms with Crippen molar-refractivity contribution in [2.75, 3.05) is 0 Å². The van der Waals surface area contributed by atoms with Crippen LogP contribution in [0.5, 0.6) is 0 Å². The van der Waals surface area contributed by atoms with Crippen molar-refractivity contribution in [1.29, 1.82) is 0 Å². The van der Waals surface area contributed by atoms with E-state index in [9.17, 15) is 17.6 Å². The van der Waals surface area contributed by atoms with Gasteiger partial charge in [-0.25, -0.2) is 19.6 Å². The number of halogens is 4.